The zero-order valence-corrected chi connectivity index (χ0v) is 13.5. The summed E-state index contributed by atoms with van der Waals surface area (Å²) < 4.78 is 0. The molecule has 1 fully saturated rings. The van der Waals surface area contributed by atoms with Crippen LogP contribution in [0.4, 0.5) is 0 Å². The maximum atomic E-state index is 12.9. The molecule has 0 aromatic rings. The Bertz CT molecular complexity index is 277. The molecule has 0 aromatic heterocycles. The van der Waals surface area contributed by atoms with Crippen LogP contribution in [0, 0.1) is 11.3 Å². The third kappa shape index (κ3) is 4.20. The number of rotatable bonds is 6. The average Bonchev–Trinajstić information content (AvgIpc) is 2.37. The fourth-order valence-electron chi connectivity index (χ4n) is 3.37. The van der Waals surface area contributed by atoms with E-state index in [1.54, 1.807) is 0 Å². The number of piperidine rings is 1. The molecule has 0 aromatic carbocycles. The highest BCUT2D eigenvalue weighted by Crippen LogP contribution is 2.36. The lowest BCUT2D eigenvalue weighted by molar-refractivity contribution is -0.145. The molecule has 3 nitrogen and oxygen atoms in total. The van der Waals surface area contributed by atoms with E-state index in [-0.39, 0.29) is 5.41 Å². The van der Waals surface area contributed by atoms with Crippen LogP contribution >= 0.6 is 0 Å². The first kappa shape index (κ1) is 16.5. The van der Waals surface area contributed by atoms with Gasteiger partial charge < -0.3 is 10.2 Å². The summed E-state index contributed by atoms with van der Waals surface area (Å²) in [5.41, 5.74) is -0.0972. The van der Waals surface area contributed by atoms with Gasteiger partial charge in [-0.1, -0.05) is 27.2 Å². The van der Waals surface area contributed by atoms with Crippen molar-refractivity contribution in [3.05, 3.63) is 0 Å². The molecule has 0 spiro atoms. The number of hydrogen-bond donors (Lipinski definition) is 1. The molecule has 19 heavy (non-hydrogen) atoms. The second-order valence-corrected chi connectivity index (χ2v) is 6.67. The van der Waals surface area contributed by atoms with Gasteiger partial charge in [-0.2, -0.15) is 0 Å². The zero-order valence-electron chi connectivity index (χ0n) is 13.5. The van der Waals surface area contributed by atoms with Crippen LogP contribution in [0.5, 0.6) is 0 Å². The van der Waals surface area contributed by atoms with Crippen LogP contribution in [-0.2, 0) is 4.79 Å². The summed E-state index contributed by atoms with van der Waals surface area (Å²) in [6.45, 7) is 10.8. The largest absolute Gasteiger partial charge is 0.343 e. The second-order valence-electron chi connectivity index (χ2n) is 6.67. The Labute approximate surface area is 119 Å². The smallest absolute Gasteiger partial charge is 0.228 e. The quantitative estimate of drug-likeness (QED) is 0.803. The van der Waals surface area contributed by atoms with Crippen LogP contribution in [0.1, 0.15) is 59.8 Å². The predicted octanol–water partition coefficient (Wildman–Crippen LogP) is 3.05. The molecule has 3 heteroatoms. The summed E-state index contributed by atoms with van der Waals surface area (Å²) in [7, 11) is 1.99. The minimum absolute atomic E-state index is 0.0972. The molecule has 112 valence electrons. The van der Waals surface area contributed by atoms with Crippen molar-refractivity contribution in [2.24, 2.45) is 11.3 Å². The van der Waals surface area contributed by atoms with E-state index in [1.807, 2.05) is 11.9 Å². The first-order valence-electron chi connectivity index (χ1n) is 7.91. The van der Waals surface area contributed by atoms with Crippen molar-refractivity contribution >= 4 is 5.91 Å². The molecule has 1 unspecified atom stereocenters. The highest BCUT2D eigenvalue weighted by atomic mass is 16.2. The van der Waals surface area contributed by atoms with Gasteiger partial charge in [0, 0.05) is 13.1 Å². The fraction of sp³-hybridized carbons (Fsp3) is 0.938. The highest BCUT2D eigenvalue weighted by Gasteiger charge is 2.41. The molecule has 1 saturated heterocycles. The van der Waals surface area contributed by atoms with Crippen molar-refractivity contribution in [1.29, 1.82) is 0 Å². The van der Waals surface area contributed by atoms with Gasteiger partial charge >= 0.3 is 0 Å². The lowest BCUT2D eigenvalue weighted by Crippen LogP contribution is -2.50. The number of carbonyl (C=O) groups is 1. The summed E-state index contributed by atoms with van der Waals surface area (Å²) in [5.74, 6) is 1.02. The van der Waals surface area contributed by atoms with E-state index in [0.29, 0.717) is 17.9 Å². The lowest BCUT2D eigenvalue weighted by atomic mass is 9.74. The molecule has 0 saturated carbocycles. The number of carbonyl (C=O) groups excluding carboxylic acids is 1. The van der Waals surface area contributed by atoms with Crippen molar-refractivity contribution in [1.82, 2.24) is 10.2 Å². The van der Waals surface area contributed by atoms with Crippen molar-refractivity contribution < 1.29 is 4.79 Å². The molecular weight excluding hydrogens is 236 g/mol. The number of amides is 1. The Balaban J connectivity index is 2.75. The molecule has 0 aliphatic carbocycles. The number of nitrogens with one attached hydrogen (secondary N) is 1. The molecule has 1 aliphatic rings. The van der Waals surface area contributed by atoms with Gasteiger partial charge in [-0.25, -0.2) is 0 Å². The van der Waals surface area contributed by atoms with E-state index >= 15 is 0 Å². The normalized spacial score (nSPS) is 20.3. The summed E-state index contributed by atoms with van der Waals surface area (Å²) in [4.78, 5) is 14.9. The lowest BCUT2D eigenvalue weighted by Gasteiger charge is -2.41. The summed E-state index contributed by atoms with van der Waals surface area (Å²) in [6.07, 6.45) is 5.21. The highest BCUT2D eigenvalue weighted by molar-refractivity contribution is 5.83. The van der Waals surface area contributed by atoms with Crippen LogP contribution in [0.3, 0.4) is 0 Å². The molecule has 0 radical (unpaired) electrons. The Kier molecular flexibility index (Phi) is 6.31. The van der Waals surface area contributed by atoms with Crippen LogP contribution in [-0.4, -0.2) is 37.0 Å². The van der Waals surface area contributed by atoms with Gasteiger partial charge in [0.1, 0.15) is 0 Å². The first-order chi connectivity index (χ1) is 8.93. The molecular formula is C16H32N2O. The topological polar surface area (TPSA) is 32.3 Å². The zero-order chi connectivity index (χ0) is 14.5. The summed E-state index contributed by atoms with van der Waals surface area (Å²) >= 11 is 0. The molecule has 1 amide bonds. The second kappa shape index (κ2) is 7.28. The van der Waals surface area contributed by atoms with Crippen LogP contribution in [0.15, 0.2) is 0 Å². The van der Waals surface area contributed by atoms with Gasteiger partial charge in [0.15, 0.2) is 0 Å². The van der Waals surface area contributed by atoms with E-state index in [2.05, 4.69) is 33.0 Å². The standard InChI is InChI=1S/C16H32N2O/c1-6-7-16(8-10-17-11-9-16)15(19)18(5)14(4)12-13(2)3/h13-14,17H,6-12H2,1-5H3. The van der Waals surface area contributed by atoms with Crippen LogP contribution < -0.4 is 5.32 Å². The van der Waals surface area contributed by atoms with E-state index in [4.69, 9.17) is 0 Å². The van der Waals surface area contributed by atoms with Gasteiger partial charge in [0.2, 0.25) is 5.91 Å². The Morgan fingerprint density at radius 2 is 1.84 bits per heavy atom. The molecule has 1 aliphatic heterocycles. The van der Waals surface area contributed by atoms with Crippen molar-refractivity contribution in [3.63, 3.8) is 0 Å². The van der Waals surface area contributed by atoms with Crippen molar-refractivity contribution in [2.45, 2.75) is 65.8 Å². The maximum absolute atomic E-state index is 12.9. The number of nitrogens with zero attached hydrogens (tertiary/aromatic N) is 1. The molecule has 1 atom stereocenters. The first-order valence-corrected chi connectivity index (χ1v) is 7.91. The van der Waals surface area contributed by atoms with Gasteiger partial charge in [0.25, 0.3) is 0 Å². The monoisotopic (exact) mass is 268 g/mol. The maximum Gasteiger partial charge on any atom is 0.228 e. The third-order valence-corrected chi connectivity index (χ3v) is 4.54. The average molecular weight is 268 g/mol. The Hall–Kier alpha value is -0.570. The third-order valence-electron chi connectivity index (χ3n) is 4.54. The molecule has 1 heterocycles. The van der Waals surface area contributed by atoms with E-state index in [9.17, 15) is 4.79 Å². The van der Waals surface area contributed by atoms with Crippen molar-refractivity contribution in [3.8, 4) is 0 Å². The van der Waals surface area contributed by atoms with Gasteiger partial charge in [-0.05, 0) is 51.6 Å². The fourth-order valence-corrected chi connectivity index (χ4v) is 3.37. The summed E-state index contributed by atoms with van der Waals surface area (Å²) in [6, 6.07) is 0.344. The minimum Gasteiger partial charge on any atom is -0.343 e. The van der Waals surface area contributed by atoms with Gasteiger partial charge in [-0.15, -0.1) is 0 Å². The van der Waals surface area contributed by atoms with Crippen molar-refractivity contribution in [2.75, 3.05) is 20.1 Å². The molecule has 1 rings (SSSR count). The van der Waals surface area contributed by atoms with E-state index in [0.717, 1.165) is 45.2 Å². The van der Waals surface area contributed by atoms with Gasteiger partial charge in [0.05, 0.1) is 5.41 Å². The van der Waals surface area contributed by atoms with Crippen LogP contribution in [0.25, 0.3) is 0 Å². The predicted molar refractivity (Wildman–Crippen MR) is 81.1 cm³/mol. The molecule has 0 bridgehead atoms. The molecule has 1 N–H and O–H groups in total. The minimum atomic E-state index is -0.0972. The van der Waals surface area contributed by atoms with E-state index in [1.165, 1.54) is 0 Å². The van der Waals surface area contributed by atoms with Crippen LogP contribution in [0.2, 0.25) is 0 Å². The van der Waals surface area contributed by atoms with Gasteiger partial charge in [-0.3, -0.25) is 4.79 Å². The summed E-state index contributed by atoms with van der Waals surface area (Å²) in [5, 5.41) is 3.38. The number of hydrogen-bond acceptors (Lipinski definition) is 2. The van der Waals surface area contributed by atoms with E-state index < -0.39 is 0 Å². The SMILES string of the molecule is CCCC1(C(=O)N(C)C(C)CC(C)C)CCNCC1. The Morgan fingerprint density at radius 1 is 1.26 bits per heavy atom. The Morgan fingerprint density at radius 3 is 2.32 bits per heavy atom.